The van der Waals surface area contributed by atoms with Crippen molar-refractivity contribution < 1.29 is 9.90 Å². The van der Waals surface area contributed by atoms with Gasteiger partial charge < -0.3 is 14.9 Å². The van der Waals surface area contributed by atoms with Crippen LogP contribution in [0.15, 0.2) is 24.3 Å². The predicted molar refractivity (Wildman–Crippen MR) is 74.4 cm³/mol. The van der Waals surface area contributed by atoms with Gasteiger partial charge >= 0.3 is 5.97 Å². The van der Waals surface area contributed by atoms with E-state index in [9.17, 15) is 4.79 Å². The van der Waals surface area contributed by atoms with Crippen molar-refractivity contribution >= 4 is 11.7 Å². The standard InChI is InChI=1S/C14H22N2O2/c1-11(2)15(3)9-10-16(4)13-7-5-12(6-8-13)14(17)18/h5-8,11H,9-10H2,1-4H3,(H,17,18). The number of hydrogen-bond donors (Lipinski definition) is 1. The van der Waals surface area contributed by atoms with Crippen LogP contribution >= 0.6 is 0 Å². The maximum atomic E-state index is 10.8. The second-order valence-corrected chi connectivity index (χ2v) is 4.85. The molecule has 0 amide bonds. The van der Waals surface area contributed by atoms with E-state index in [1.807, 2.05) is 19.2 Å². The van der Waals surface area contributed by atoms with E-state index in [-0.39, 0.29) is 0 Å². The average molecular weight is 250 g/mol. The lowest BCUT2D eigenvalue weighted by molar-refractivity contribution is 0.0697. The van der Waals surface area contributed by atoms with Gasteiger partial charge in [0, 0.05) is 31.9 Å². The Morgan fingerprint density at radius 1 is 1.17 bits per heavy atom. The van der Waals surface area contributed by atoms with Gasteiger partial charge in [0.15, 0.2) is 0 Å². The summed E-state index contributed by atoms with van der Waals surface area (Å²) >= 11 is 0. The Morgan fingerprint density at radius 2 is 1.72 bits per heavy atom. The monoisotopic (exact) mass is 250 g/mol. The molecule has 1 rings (SSSR count). The van der Waals surface area contributed by atoms with Crippen LogP contribution in [0, 0.1) is 0 Å². The Kier molecular flexibility index (Phi) is 5.16. The van der Waals surface area contributed by atoms with Crippen molar-refractivity contribution in [3.05, 3.63) is 29.8 Å². The van der Waals surface area contributed by atoms with Gasteiger partial charge in [-0.05, 0) is 45.2 Å². The van der Waals surface area contributed by atoms with Crippen molar-refractivity contribution in [1.82, 2.24) is 4.90 Å². The van der Waals surface area contributed by atoms with Crippen molar-refractivity contribution in [2.75, 3.05) is 32.1 Å². The molecule has 100 valence electrons. The Hall–Kier alpha value is -1.55. The van der Waals surface area contributed by atoms with Crippen molar-refractivity contribution in [3.63, 3.8) is 0 Å². The third kappa shape index (κ3) is 4.04. The van der Waals surface area contributed by atoms with Gasteiger partial charge in [-0.25, -0.2) is 4.79 Å². The summed E-state index contributed by atoms with van der Waals surface area (Å²) < 4.78 is 0. The third-order valence-corrected chi connectivity index (χ3v) is 3.22. The summed E-state index contributed by atoms with van der Waals surface area (Å²) in [6, 6.07) is 7.51. The van der Waals surface area contributed by atoms with Crippen LogP contribution in [0.5, 0.6) is 0 Å². The van der Waals surface area contributed by atoms with E-state index >= 15 is 0 Å². The van der Waals surface area contributed by atoms with Gasteiger partial charge in [0.1, 0.15) is 0 Å². The molecule has 0 aliphatic rings. The zero-order valence-electron chi connectivity index (χ0n) is 11.6. The Balaban J connectivity index is 2.56. The van der Waals surface area contributed by atoms with Gasteiger partial charge in [-0.2, -0.15) is 0 Å². The molecular weight excluding hydrogens is 228 g/mol. The summed E-state index contributed by atoms with van der Waals surface area (Å²) in [5.74, 6) is -0.885. The fourth-order valence-corrected chi connectivity index (χ4v) is 1.55. The van der Waals surface area contributed by atoms with Crippen molar-refractivity contribution in [3.8, 4) is 0 Å². The molecule has 0 aliphatic carbocycles. The smallest absolute Gasteiger partial charge is 0.335 e. The number of carboxylic acids is 1. The Morgan fingerprint density at radius 3 is 2.17 bits per heavy atom. The first-order valence-corrected chi connectivity index (χ1v) is 6.16. The average Bonchev–Trinajstić information content (AvgIpc) is 2.35. The molecule has 0 bridgehead atoms. The summed E-state index contributed by atoms with van der Waals surface area (Å²) in [5.41, 5.74) is 1.36. The lowest BCUT2D eigenvalue weighted by atomic mass is 10.2. The van der Waals surface area contributed by atoms with Crippen LogP contribution in [0.1, 0.15) is 24.2 Å². The van der Waals surface area contributed by atoms with Crippen molar-refractivity contribution in [2.45, 2.75) is 19.9 Å². The highest BCUT2D eigenvalue weighted by Gasteiger charge is 2.07. The highest BCUT2D eigenvalue weighted by Crippen LogP contribution is 2.13. The van der Waals surface area contributed by atoms with Gasteiger partial charge in [-0.3, -0.25) is 0 Å². The zero-order chi connectivity index (χ0) is 13.7. The van der Waals surface area contributed by atoms with Crippen LogP contribution in [-0.2, 0) is 0 Å². The zero-order valence-corrected chi connectivity index (χ0v) is 11.6. The number of benzene rings is 1. The van der Waals surface area contributed by atoms with Crippen molar-refractivity contribution in [2.24, 2.45) is 0 Å². The number of aromatic carboxylic acids is 1. The van der Waals surface area contributed by atoms with Gasteiger partial charge in [-0.1, -0.05) is 0 Å². The summed E-state index contributed by atoms with van der Waals surface area (Å²) in [4.78, 5) is 15.2. The van der Waals surface area contributed by atoms with E-state index in [1.165, 1.54) is 0 Å². The van der Waals surface area contributed by atoms with Crippen LogP contribution in [0.2, 0.25) is 0 Å². The van der Waals surface area contributed by atoms with Crippen molar-refractivity contribution in [1.29, 1.82) is 0 Å². The molecular formula is C14H22N2O2. The normalized spacial score (nSPS) is 11.0. The van der Waals surface area contributed by atoms with E-state index in [1.54, 1.807) is 12.1 Å². The van der Waals surface area contributed by atoms with E-state index in [0.717, 1.165) is 18.8 Å². The minimum Gasteiger partial charge on any atom is -0.478 e. The first-order chi connectivity index (χ1) is 8.41. The maximum absolute atomic E-state index is 10.8. The summed E-state index contributed by atoms with van der Waals surface area (Å²) in [6.07, 6.45) is 0. The highest BCUT2D eigenvalue weighted by molar-refractivity contribution is 5.88. The third-order valence-electron chi connectivity index (χ3n) is 3.22. The summed E-state index contributed by atoms with van der Waals surface area (Å²) in [5, 5.41) is 8.83. The van der Waals surface area contributed by atoms with Gasteiger partial charge in [0.05, 0.1) is 5.56 Å². The largest absolute Gasteiger partial charge is 0.478 e. The first kappa shape index (κ1) is 14.5. The number of nitrogens with zero attached hydrogens (tertiary/aromatic N) is 2. The number of likely N-dealkylation sites (N-methyl/N-ethyl adjacent to an activating group) is 2. The second-order valence-electron chi connectivity index (χ2n) is 4.85. The van der Waals surface area contributed by atoms with Crippen LogP contribution in [-0.4, -0.2) is 49.2 Å². The molecule has 18 heavy (non-hydrogen) atoms. The molecule has 0 fully saturated rings. The molecule has 4 heteroatoms. The van der Waals surface area contributed by atoms with E-state index in [4.69, 9.17) is 5.11 Å². The number of rotatable bonds is 6. The maximum Gasteiger partial charge on any atom is 0.335 e. The predicted octanol–water partition coefficient (Wildman–Crippen LogP) is 2.16. The molecule has 1 N–H and O–H groups in total. The SMILES string of the molecule is CC(C)N(C)CCN(C)c1ccc(C(=O)O)cc1. The lowest BCUT2D eigenvalue weighted by Crippen LogP contribution is -2.34. The second kappa shape index (κ2) is 6.40. The van der Waals surface area contributed by atoms with E-state index in [0.29, 0.717) is 11.6 Å². The van der Waals surface area contributed by atoms with E-state index in [2.05, 4.69) is 30.7 Å². The Labute approximate surface area is 109 Å². The minimum absolute atomic E-state index is 0.325. The van der Waals surface area contributed by atoms with Gasteiger partial charge in [0.25, 0.3) is 0 Å². The number of anilines is 1. The number of hydrogen-bond acceptors (Lipinski definition) is 3. The molecule has 0 aromatic heterocycles. The fraction of sp³-hybridized carbons (Fsp3) is 0.500. The van der Waals surface area contributed by atoms with E-state index < -0.39 is 5.97 Å². The molecule has 0 saturated heterocycles. The molecule has 0 spiro atoms. The topological polar surface area (TPSA) is 43.8 Å². The first-order valence-electron chi connectivity index (χ1n) is 6.16. The molecule has 0 unspecified atom stereocenters. The molecule has 0 aliphatic heterocycles. The van der Waals surface area contributed by atoms with Crippen LogP contribution in [0.4, 0.5) is 5.69 Å². The highest BCUT2D eigenvalue weighted by atomic mass is 16.4. The number of carboxylic acid groups (broad SMARTS) is 1. The molecule has 1 aromatic carbocycles. The molecule has 0 saturated carbocycles. The lowest BCUT2D eigenvalue weighted by Gasteiger charge is -2.26. The molecule has 0 atom stereocenters. The van der Waals surface area contributed by atoms with Crippen LogP contribution in [0.3, 0.4) is 0 Å². The molecule has 0 radical (unpaired) electrons. The van der Waals surface area contributed by atoms with Crippen LogP contribution < -0.4 is 4.90 Å². The summed E-state index contributed by atoms with van der Waals surface area (Å²) in [7, 11) is 4.12. The quantitative estimate of drug-likeness (QED) is 0.840. The molecule has 4 nitrogen and oxygen atoms in total. The van der Waals surface area contributed by atoms with Gasteiger partial charge in [0.2, 0.25) is 0 Å². The summed E-state index contributed by atoms with van der Waals surface area (Å²) in [6.45, 7) is 6.24. The molecule has 1 aromatic rings. The Bertz CT molecular complexity index is 387. The van der Waals surface area contributed by atoms with Crippen LogP contribution in [0.25, 0.3) is 0 Å². The van der Waals surface area contributed by atoms with Gasteiger partial charge in [-0.15, -0.1) is 0 Å². The fourth-order valence-electron chi connectivity index (χ4n) is 1.55. The molecule has 0 heterocycles. The number of carbonyl (C=O) groups is 1. The minimum atomic E-state index is -0.885.